The van der Waals surface area contributed by atoms with Crippen LogP contribution in [0.1, 0.15) is 28.4 Å². The van der Waals surface area contributed by atoms with Crippen molar-refractivity contribution >= 4 is 0 Å². The molecule has 2 aromatic heterocycles. The number of ether oxygens (including phenoxy) is 2. The van der Waals surface area contributed by atoms with E-state index in [1.54, 1.807) is 14.2 Å². The minimum Gasteiger partial charge on any atom is -0.493 e. The lowest BCUT2D eigenvalue weighted by molar-refractivity contribution is 0.354. The normalized spacial score (nSPS) is 10.9. The van der Waals surface area contributed by atoms with E-state index >= 15 is 0 Å². The molecule has 0 saturated carbocycles. The molecule has 3 aromatic rings. The molecule has 0 aliphatic rings. The van der Waals surface area contributed by atoms with Crippen LogP contribution in [0.15, 0.2) is 48.8 Å². The Labute approximate surface area is 130 Å². The van der Waals surface area contributed by atoms with Gasteiger partial charge in [0, 0.05) is 23.8 Å². The summed E-state index contributed by atoms with van der Waals surface area (Å²) >= 11 is 0. The lowest BCUT2D eigenvalue weighted by Crippen LogP contribution is -2.07. The second-order valence-electron chi connectivity index (χ2n) is 5.25. The fraction of sp³-hybridized carbons (Fsp3) is 0.222. The molecule has 0 unspecified atom stereocenters. The molecule has 4 heteroatoms. The zero-order valence-corrected chi connectivity index (χ0v) is 13.0. The molecule has 114 valence electrons. The van der Waals surface area contributed by atoms with Crippen LogP contribution in [0.5, 0.6) is 11.5 Å². The van der Waals surface area contributed by atoms with Crippen molar-refractivity contribution in [2.24, 2.45) is 0 Å². The number of hydrogen-bond acceptors (Lipinski definition) is 2. The average Bonchev–Trinajstić information content (AvgIpc) is 3.22. The highest BCUT2D eigenvalue weighted by atomic mass is 16.5. The summed E-state index contributed by atoms with van der Waals surface area (Å²) in [5.41, 5.74) is 4.62. The molecule has 4 nitrogen and oxygen atoms in total. The molecule has 0 radical (unpaired) electrons. The van der Waals surface area contributed by atoms with Gasteiger partial charge < -0.3 is 19.4 Å². The van der Waals surface area contributed by atoms with Crippen molar-refractivity contribution in [3.8, 4) is 11.5 Å². The molecule has 0 aliphatic heterocycles. The molecule has 22 heavy (non-hydrogen) atoms. The third-order valence-electron chi connectivity index (χ3n) is 3.95. The van der Waals surface area contributed by atoms with Crippen LogP contribution >= 0.6 is 0 Å². The molecule has 0 amide bonds. The number of aromatic nitrogens is 2. The molecule has 0 spiro atoms. The lowest BCUT2D eigenvalue weighted by Gasteiger charge is -2.20. The van der Waals surface area contributed by atoms with Gasteiger partial charge in [0.2, 0.25) is 0 Å². The first kappa shape index (κ1) is 14.3. The largest absolute Gasteiger partial charge is 0.493 e. The fourth-order valence-corrected chi connectivity index (χ4v) is 2.86. The quantitative estimate of drug-likeness (QED) is 0.751. The van der Waals surface area contributed by atoms with Crippen LogP contribution in [0.25, 0.3) is 0 Å². The van der Waals surface area contributed by atoms with Crippen molar-refractivity contribution in [1.29, 1.82) is 0 Å². The lowest BCUT2D eigenvalue weighted by atomic mass is 9.89. The predicted octanol–water partition coefficient (Wildman–Crippen LogP) is 3.85. The Hall–Kier alpha value is -2.62. The number of aromatic amines is 2. The van der Waals surface area contributed by atoms with Gasteiger partial charge in [-0.1, -0.05) is 0 Å². The number of nitrogens with one attached hydrogen (secondary N) is 2. The van der Waals surface area contributed by atoms with Crippen LogP contribution < -0.4 is 9.47 Å². The van der Waals surface area contributed by atoms with Gasteiger partial charge in [-0.25, -0.2) is 0 Å². The SMILES string of the molecule is COc1cc(C)c(C(c2ccc[nH]2)c2ccc[nH]2)cc1OC. The summed E-state index contributed by atoms with van der Waals surface area (Å²) in [4.78, 5) is 6.65. The van der Waals surface area contributed by atoms with E-state index in [9.17, 15) is 0 Å². The third kappa shape index (κ3) is 2.48. The number of H-pyrrole nitrogens is 2. The van der Waals surface area contributed by atoms with E-state index in [1.807, 2.05) is 30.6 Å². The highest BCUT2D eigenvalue weighted by molar-refractivity contribution is 5.52. The van der Waals surface area contributed by atoms with E-state index < -0.39 is 0 Å². The van der Waals surface area contributed by atoms with Crippen molar-refractivity contribution < 1.29 is 9.47 Å². The first-order valence-electron chi connectivity index (χ1n) is 7.23. The third-order valence-corrected chi connectivity index (χ3v) is 3.95. The van der Waals surface area contributed by atoms with E-state index in [-0.39, 0.29) is 5.92 Å². The highest BCUT2D eigenvalue weighted by Gasteiger charge is 2.22. The monoisotopic (exact) mass is 296 g/mol. The Morgan fingerprint density at radius 1 is 0.864 bits per heavy atom. The van der Waals surface area contributed by atoms with Crippen molar-refractivity contribution in [2.45, 2.75) is 12.8 Å². The van der Waals surface area contributed by atoms with Gasteiger partial charge in [-0.05, 0) is 54.4 Å². The van der Waals surface area contributed by atoms with E-state index in [1.165, 1.54) is 5.56 Å². The van der Waals surface area contributed by atoms with Crippen molar-refractivity contribution in [3.63, 3.8) is 0 Å². The molecule has 0 saturated heterocycles. The van der Waals surface area contributed by atoms with Crippen LogP contribution in [-0.4, -0.2) is 24.2 Å². The van der Waals surface area contributed by atoms with Gasteiger partial charge in [0.1, 0.15) is 0 Å². The zero-order chi connectivity index (χ0) is 15.5. The van der Waals surface area contributed by atoms with Crippen molar-refractivity contribution in [3.05, 3.63) is 71.3 Å². The predicted molar refractivity (Wildman–Crippen MR) is 86.8 cm³/mol. The molecule has 0 atom stereocenters. The number of rotatable bonds is 5. The molecular weight excluding hydrogens is 276 g/mol. The van der Waals surface area contributed by atoms with Crippen LogP contribution in [0.2, 0.25) is 0 Å². The highest BCUT2D eigenvalue weighted by Crippen LogP contribution is 2.38. The number of aryl methyl sites for hydroxylation is 1. The summed E-state index contributed by atoms with van der Waals surface area (Å²) in [6.07, 6.45) is 3.89. The van der Waals surface area contributed by atoms with Gasteiger partial charge in [-0.3, -0.25) is 0 Å². The standard InChI is InChI=1S/C18H20N2O2/c1-12-10-16(21-2)17(22-3)11-13(12)18(14-6-4-8-19-14)15-7-5-9-20-15/h4-11,18-20H,1-3H3. The number of methoxy groups -OCH3 is 2. The van der Waals surface area contributed by atoms with Crippen LogP contribution in [0.3, 0.4) is 0 Å². The number of benzene rings is 1. The van der Waals surface area contributed by atoms with Gasteiger partial charge in [0.15, 0.2) is 11.5 Å². The Kier molecular flexibility index (Phi) is 3.92. The van der Waals surface area contributed by atoms with Crippen molar-refractivity contribution in [1.82, 2.24) is 9.97 Å². The number of hydrogen-bond donors (Lipinski definition) is 2. The molecule has 0 fully saturated rings. The van der Waals surface area contributed by atoms with Crippen LogP contribution in [-0.2, 0) is 0 Å². The Balaban J connectivity index is 2.17. The molecule has 0 bridgehead atoms. The summed E-state index contributed by atoms with van der Waals surface area (Å²) in [6.45, 7) is 2.09. The average molecular weight is 296 g/mol. The smallest absolute Gasteiger partial charge is 0.161 e. The fourth-order valence-electron chi connectivity index (χ4n) is 2.86. The summed E-state index contributed by atoms with van der Waals surface area (Å²) < 4.78 is 10.9. The summed E-state index contributed by atoms with van der Waals surface area (Å²) in [6, 6.07) is 12.3. The first-order chi connectivity index (χ1) is 10.7. The van der Waals surface area contributed by atoms with E-state index in [0.717, 1.165) is 28.5 Å². The molecule has 1 aromatic carbocycles. The minimum atomic E-state index is 0.102. The Morgan fingerprint density at radius 3 is 1.86 bits per heavy atom. The van der Waals surface area contributed by atoms with E-state index in [2.05, 4.69) is 35.1 Å². The van der Waals surface area contributed by atoms with Gasteiger partial charge in [0.25, 0.3) is 0 Å². The topological polar surface area (TPSA) is 50.0 Å². The molecular formula is C18H20N2O2. The van der Waals surface area contributed by atoms with E-state index in [4.69, 9.17) is 9.47 Å². The maximum Gasteiger partial charge on any atom is 0.161 e. The summed E-state index contributed by atoms with van der Waals surface area (Å²) in [7, 11) is 3.32. The van der Waals surface area contributed by atoms with E-state index in [0.29, 0.717) is 0 Å². The van der Waals surface area contributed by atoms with Crippen LogP contribution in [0, 0.1) is 6.92 Å². The molecule has 3 rings (SSSR count). The second-order valence-corrected chi connectivity index (χ2v) is 5.25. The van der Waals surface area contributed by atoms with Gasteiger partial charge >= 0.3 is 0 Å². The maximum atomic E-state index is 5.47. The summed E-state index contributed by atoms with van der Waals surface area (Å²) in [5, 5.41) is 0. The van der Waals surface area contributed by atoms with Gasteiger partial charge in [-0.15, -0.1) is 0 Å². The summed E-state index contributed by atoms with van der Waals surface area (Å²) in [5.74, 6) is 1.59. The second kappa shape index (κ2) is 6.02. The Bertz CT molecular complexity index is 697. The maximum absolute atomic E-state index is 5.47. The zero-order valence-electron chi connectivity index (χ0n) is 13.0. The van der Waals surface area contributed by atoms with Crippen molar-refractivity contribution in [2.75, 3.05) is 14.2 Å². The first-order valence-corrected chi connectivity index (χ1v) is 7.23. The molecule has 2 heterocycles. The van der Waals surface area contributed by atoms with Gasteiger partial charge in [-0.2, -0.15) is 0 Å². The Morgan fingerprint density at radius 2 is 1.41 bits per heavy atom. The molecule has 0 aliphatic carbocycles. The van der Waals surface area contributed by atoms with Gasteiger partial charge in [0.05, 0.1) is 20.1 Å². The minimum absolute atomic E-state index is 0.102. The van der Waals surface area contributed by atoms with Crippen LogP contribution in [0.4, 0.5) is 0 Å². The molecule has 2 N–H and O–H groups in total.